The summed E-state index contributed by atoms with van der Waals surface area (Å²) < 4.78 is 6.11. The minimum atomic E-state index is 0.104. The van der Waals surface area contributed by atoms with E-state index in [0.717, 1.165) is 29.7 Å². The van der Waals surface area contributed by atoms with E-state index in [1.54, 1.807) is 6.07 Å². The molecule has 0 aliphatic heterocycles. The molecule has 2 nitrogen and oxygen atoms in total. The molecule has 0 fully saturated rings. The van der Waals surface area contributed by atoms with Crippen molar-refractivity contribution in [1.82, 2.24) is 0 Å². The normalized spacial score (nSPS) is 12.3. The quantitative estimate of drug-likeness (QED) is 0.574. The van der Waals surface area contributed by atoms with Crippen LogP contribution in [-0.2, 0) is 13.0 Å². The zero-order chi connectivity index (χ0) is 17.8. The second-order valence-electron chi connectivity index (χ2n) is 6.16. The molecule has 130 valence electrons. The fourth-order valence-electron chi connectivity index (χ4n) is 2.86. The van der Waals surface area contributed by atoms with E-state index in [9.17, 15) is 0 Å². The Morgan fingerprint density at radius 1 is 1.04 bits per heavy atom. The summed E-state index contributed by atoms with van der Waals surface area (Å²) >= 11 is 12.2. The minimum absolute atomic E-state index is 0.104. The van der Waals surface area contributed by atoms with Gasteiger partial charge in [-0.3, -0.25) is 0 Å². The third-order valence-electron chi connectivity index (χ3n) is 4.39. The summed E-state index contributed by atoms with van der Waals surface area (Å²) in [6.07, 6.45) is 1.70. The first-order valence-electron chi connectivity index (χ1n) is 8.41. The number of halogens is 2. The van der Waals surface area contributed by atoms with Crippen LogP contribution >= 0.6 is 23.2 Å². The van der Waals surface area contributed by atoms with E-state index in [1.807, 2.05) is 30.3 Å². The van der Waals surface area contributed by atoms with Crippen LogP contribution in [0.2, 0.25) is 10.0 Å². The van der Waals surface area contributed by atoms with Crippen molar-refractivity contribution >= 4 is 34.0 Å². The van der Waals surface area contributed by atoms with Gasteiger partial charge in [0.15, 0.2) is 0 Å². The van der Waals surface area contributed by atoms with Crippen LogP contribution in [0, 0.1) is 0 Å². The van der Waals surface area contributed by atoms with E-state index in [2.05, 4.69) is 25.1 Å². The van der Waals surface area contributed by atoms with Gasteiger partial charge >= 0.3 is 0 Å². The van der Waals surface area contributed by atoms with Gasteiger partial charge in [0.2, 0.25) is 0 Å². The molecule has 0 spiro atoms. The Hall–Kier alpha value is -1.74. The van der Waals surface area contributed by atoms with Gasteiger partial charge in [-0.25, -0.2) is 0 Å². The van der Waals surface area contributed by atoms with E-state index < -0.39 is 0 Å². The molecule has 0 aromatic heterocycles. The summed E-state index contributed by atoms with van der Waals surface area (Å²) in [6.45, 7) is 2.49. The lowest BCUT2D eigenvalue weighted by atomic mass is 9.97. The molecule has 3 aromatic rings. The van der Waals surface area contributed by atoms with Crippen LogP contribution in [0.5, 0.6) is 5.75 Å². The van der Waals surface area contributed by atoms with E-state index >= 15 is 0 Å². The van der Waals surface area contributed by atoms with Crippen LogP contribution in [0.3, 0.4) is 0 Å². The molecule has 0 saturated carbocycles. The largest absolute Gasteiger partial charge is 0.489 e. The highest BCUT2D eigenvalue weighted by molar-refractivity contribution is 6.35. The predicted molar refractivity (Wildman–Crippen MR) is 107 cm³/mol. The van der Waals surface area contributed by atoms with Crippen molar-refractivity contribution in [1.29, 1.82) is 0 Å². The van der Waals surface area contributed by atoms with Gasteiger partial charge in [-0.15, -0.1) is 0 Å². The predicted octanol–water partition coefficient (Wildman–Crippen LogP) is 6.01. The number of nitrogens with two attached hydrogens (primary N) is 1. The Bertz CT molecular complexity index is 879. The van der Waals surface area contributed by atoms with Crippen LogP contribution in [0.1, 0.15) is 24.5 Å². The van der Waals surface area contributed by atoms with Crippen molar-refractivity contribution in [3.05, 3.63) is 75.8 Å². The molecule has 0 amide bonds. The summed E-state index contributed by atoms with van der Waals surface area (Å²) in [7, 11) is 0. The monoisotopic (exact) mass is 373 g/mol. The van der Waals surface area contributed by atoms with Crippen LogP contribution in [0.25, 0.3) is 10.8 Å². The van der Waals surface area contributed by atoms with E-state index in [1.165, 1.54) is 10.8 Å². The number of rotatable bonds is 6. The molecule has 25 heavy (non-hydrogen) atoms. The number of fused-ring (bicyclic) bond motifs is 1. The Labute approximate surface area is 158 Å². The maximum Gasteiger partial charge on any atom is 0.123 e. The molecule has 4 heteroatoms. The maximum atomic E-state index is 6.25. The number of ether oxygens (including phenoxy) is 1. The topological polar surface area (TPSA) is 35.2 Å². The average molecular weight is 374 g/mol. The van der Waals surface area contributed by atoms with Crippen molar-refractivity contribution in [3.63, 3.8) is 0 Å². The molecule has 1 unspecified atom stereocenters. The fraction of sp³-hybridized carbons (Fsp3) is 0.238. The second kappa shape index (κ2) is 8.09. The van der Waals surface area contributed by atoms with Crippen LogP contribution < -0.4 is 10.5 Å². The Morgan fingerprint density at radius 3 is 2.60 bits per heavy atom. The van der Waals surface area contributed by atoms with Crippen molar-refractivity contribution in [2.45, 2.75) is 32.4 Å². The highest BCUT2D eigenvalue weighted by Gasteiger charge is 2.13. The van der Waals surface area contributed by atoms with Gasteiger partial charge in [-0.1, -0.05) is 66.5 Å². The van der Waals surface area contributed by atoms with Crippen molar-refractivity contribution in [3.8, 4) is 5.75 Å². The number of hydrogen-bond donors (Lipinski definition) is 1. The Morgan fingerprint density at radius 2 is 1.84 bits per heavy atom. The van der Waals surface area contributed by atoms with Gasteiger partial charge in [0.1, 0.15) is 12.4 Å². The standard InChI is InChI=1S/C21H21Cl2NO/c1-2-17(24)12-19-18-6-4-3-5-14(18)8-10-21(19)25-13-15-7-9-16(22)11-20(15)23/h3-11,17H,2,12-13,24H2,1H3. The third-order valence-corrected chi connectivity index (χ3v) is 4.97. The smallest absolute Gasteiger partial charge is 0.123 e. The molecule has 0 saturated heterocycles. The Balaban J connectivity index is 1.93. The molecule has 0 aliphatic carbocycles. The van der Waals surface area contributed by atoms with Crippen LogP contribution in [-0.4, -0.2) is 6.04 Å². The Kier molecular flexibility index (Phi) is 5.85. The van der Waals surface area contributed by atoms with Crippen LogP contribution in [0.4, 0.5) is 0 Å². The van der Waals surface area contributed by atoms with Crippen molar-refractivity contribution in [2.75, 3.05) is 0 Å². The first-order valence-corrected chi connectivity index (χ1v) is 9.17. The van der Waals surface area contributed by atoms with Crippen LogP contribution in [0.15, 0.2) is 54.6 Å². The van der Waals surface area contributed by atoms with Gasteiger partial charge in [0.05, 0.1) is 0 Å². The summed E-state index contributed by atoms with van der Waals surface area (Å²) in [5, 5.41) is 3.61. The van der Waals surface area contributed by atoms with Crippen molar-refractivity contribution < 1.29 is 4.74 Å². The lowest BCUT2D eigenvalue weighted by Gasteiger charge is -2.17. The zero-order valence-electron chi connectivity index (χ0n) is 14.1. The first-order chi connectivity index (χ1) is 12.1. The maximum absolute atomic E-state index is 6.25. The zero-order valence-corrected chi connectivity index (χ0v) is 15.6. The summed E-state index contributed by atoms with van der Waals surface area (Å²) in [6, 6.07) is 18.0. The molecule has 0 bridgehead atoms. The highest BCUT2D eigenvalue weighted by atomic mass is 35.5. The van der Waals surface area contributed by atoms with Gasteiger partial charge in [-0.2, -0.15) is 0 Å². The summed E-state index contributed by atoms with van der Waals surface area (Å²) in [5.41, 5.74) is 8.28. The molecule has 1 atom stereocenters. The molecule has 2 N–H and O–H groups in total. The molecule has 3 rings (SSSR count). The van der Waals surface area contributed by atoms with Crippen molar-refractivity contribution in [2.24, 2.45) is 5.73 Å². The second-order valence-corrected chi connectivity index (χ2v) is 7.00. The van der Waals surface area contributed by atoms with E-state index in [4.69, 9.17) is 33.7 Å². The SMILES string of the molecule is CCC(N)Cc1c(OCc2ccc(Cl)cc2Cl)ccc2ccccc12. The molecule has 0 aliphatic rings. The molecule has 3 aromatic carbocycles. The molecule has 0 radical (unpaired) electrons. The molecular weight excluding hydrogens is 353 g/mol. The lowest BCUT2D eigenvalue weighted by molar-refractivity contribution is 0.303. The summed E-state index contributed by atoms with van der Waals surface area (Å²) in [4.78, 5) is 0. The van der Waals surface area contributed by atoms with Gasteiger partial charge in [-0.05, 0) is 41.8 Å². The lowest BCUT2D eigenvalue weighted by Crippen LogP contribution is -2.22. The number of hydrogen-bond acceptors (Lipinski definition) is 2. The summed E-state index contributed by atoms with van der Waals surface area (Å²) in [5.74, 6) is 0.855. The van der Waals surface area contributed by atoms with Gasteiger partial charge < -0.3 is 10.5 Å². The van der Waals surface area contributed by atoms with E-state index in [0.29, 0.717) is 16.7 Å². The van der Waals surface area contributed by atoms with E-state index in [-0.39, 0.29) is 6.04 Å². The molecular formula is C21H21Cl2NO. The third kappa shape index (κ3) is 4.27. The first kappa shape index (κ1) is 18.1. The van der Waals surface area contributed by atoms with Gasteiger partial charge in [0.25, 0.3) is 0 Å². The fourth-order valence-corrected chi connectivity index (χ4v) is 3.33. The minimum Gasteiger partial charge on any atom is -0.489 e. The average Bonchev–Trinajstić information content (AvgIpc) is 2.62. The highest BCUT2D eigenvalue weighted by Crippen LogP contribution is 2.31. The van der Waals surface area contributed by atoms with Gasteiger partial charge in [0, 0.05) is 27.2 Å². The number of benzene rings is 3. The molecule has 0 heterocycles.